The summed E-state index contributed by atoms with van der Waals surface area (Å²) in [7, 11) is 0. The molecule has 0 aromatic heterocycles. The van der Waals surface area contributed by atoms with Crippen LogP contribution in [0.5, 0.6) is 0 Å². The molecule has 0 saturated heterocycles. The van der Waals surface area contributed by atoms with Crippen molar-refractivity contribution in [1.29, 1.82) is 0 Å². The average molecular weight is 341 g/mol. The zero-order chi connectivity index (χ0) is 15.3. The maximum Gasteiger partial charge on any atom is 0.227 e. The molecule has 0 aliphatic rings. The number of hydrogen-bond acceptors (Lipinski definition) is 2. The Morgan fingerprint density at radius 2 is 1.80 bits per heavy atom. The second kappa shape index (κ2) is 7.79. The van der Waals surface area contributed by atoms with Crippen LogP contribution in [0, 0.1) is 19.8 Å². The van der Waals surface area contributed by atoms with Crippen molar-refractivity contribution in [3.8, 4) is 0 Å². The lowest BCUT2D eigenvalue weighted by molar-refractivity contribution is -0.119. The quantitative estimate of drug-likeness (QED) is 0.816. The number of rotatable bonds is 6. The summed E-state index contributed by atoms with van der Waals surface area (Å²) in [5.74, 6) is 0.0967. The predicted molar refractivity (Wildman–Crippen MR) is 88.9 cm³/mol. The Hall–Kier alpha value is -0.870. The van der Waals surface area contributed by atoms with E-state index in [0.717, 1.165) is 40.5 Å². The van der Waals surface area contributed by atoms with E-state index >= 15 is 0 Å². The van der Waals surface area contributed by atoms with Crippen molar-refractivity contribution in [2.24, 2.45) is 11.7 Å². The van der Waals surface area contributed by atoms with E-state index in [1.807, 2.05) is 39.8 Å². The highest BCUT2D eigenvalue weighted by Crippen LogP contribution is 2.26. The number of anilines is 1. The van der Waals surface area contributed by atoms with Crippen LogP contribution in [-0.4, -0.2) is 11.9 Å². The minimum atomic E-state index is 0.0104. The van der Waals surface area contributed by atoms with Gasteiger partial charge >= 0.3 is 0 Å². The molecule has 0 aliphatic heterocycles. The van der Waals surface area contributed by atoms with E-state index in [1.54, 1.807) is 0 Å². The van der Waals surface area contributed by atoms with Gasteiger partial charge in [-0.2, -0.15) is 0 Å². The second-order valence-corrected chi connectivity index (χ2v) is 6.63. The number of halogens is 1. The summed E-state index contributed by atoms with van der Waals surface area (Å²) >= 11 is 3.47. The van der Waals surface area contributed by atoms with Gasteiger partial charge in [-0.25, -0.2) is 0 Å². The van der Waals surface area contributed by atoms with Crippen LogP contribution >= 0.6 is 15.9 Å². The van der Waals surface area contributed by atoms with E-state index in [-0.39, 0.29) is 17.9 Å². The topological polar surface area (TPSA) is 55.1 Å². The number of hydrogen-bond donors (Lipinski definition) is 2. The first-order valence-corrected chi connectivity index (χ1v) is 7.93. The first-order chi connectivity index (χ1) is 9.31. The Balaban J connectivity index is 2.62. The summed E-state index contributed by atoms with van der Waals surface area (Å²) < 4.78 is 1.04. The number of carbonyl (C=O) groups excluding carboxylic acids is 1. The van der Waals surface area contributed by atoms with Crippen molar-refractivity contribution in [2.75, 3.05) is 5.32 Å². The third-order valence-corrected chi connectivity index (χ3v) is 3.95. The molecule has 2 atom stereocenters. The van der Waals surface area contributed by atoms with Crippen LogP contribution in [0.4, 0.5) is 5.69 Å². The third-order valence-electron chi connectivity index (χ3n) is 3.49. The smallest absolute Gasteiger partial charge is 0.227 e. The molecule has 4 heteroatoms. The average Bonchev–Trinajstić information content (AvgIpc) is 2.32. The van der Waals surface area contributed by atoms with Crippen molar-refractivity contribution in [2.45, 2.75) is 53.0 Å². The van der Waals surface area contributed by atoms with Crippen LogP contribution in [0.25, 0.3) is 0 Å². The van der Waals surface area contributed by atoms with Crippen molar-refractivity contribution in [3.05, 3.63) is 27.7 Å². The molecule has 3 nitrogen and oxygen atoms in total. The van der Waals surface area contributed by atoms with Crippen molar-refractivity contribution in [1.82, 2.24) is 0 Å². The monoisotopic (exact) mass is 340 g/mol. The van der Waals surface area contributed by atoms with Crippen molar-refractivity contribution in [3.63, 3.8) is 0 Å². The summed E-state index contributed by atoms with van der Waals surface area (Å²) in [5, 5.41) is 3.05. The summed E-state index contributed by atoms with van der Waals surface area (Å²) in [4.78, 5) is 12.2. The molecule has 1 rings (SSSR count). The molecule has 0 saturated carbocycles. The maximum atomic E-state index is 12.2. The lowest BCUT2D eigenvalue weighted by atomic mass is 10.0. The van der Waals surface area contributed by atoms with Gasteiger partial charge in [-0.15, -0.1) is 0 Å². The SMILES string of the molecule is Cc1cc(Br)cc(C)c1NC(=O)C(C)CCCC(C)N. The van der Waals surface area contributed by atoms with Gasteiger partial charge in [-0.05, 0) is 56.9 Å². The highest BCUT2D eigenvalue weighted by Gasteiger charge is 2.15. The van der Waals surface area contributed by atoms with Gasteiger partial charge in [0.05, 0.1) is 0 Å². The number of amides is 1. The Morgan fingerprint density at radius 3 is 2.30 bits per heavy atom. The molecule has 3 N–H and O–H groups in total. The van der Waals surface area contributed by atoms with E-state index in [0.29, 0.717) is 0 Å². The summed E-state index contributed by atoms with van der Waals surface area (Å²) in [6, 6.07) is 4.24. The lowest BCUT2D eigenvalue weighted by Gasteiger charge is -2.16. The largest absolute Gasteiger partial charge is 0.328 e. The van der Waals surface area contributed by atoms with Gasteiger partial charge in [0.15, 0.2) is 0 Å². The Bertz CT molecular complexity index is 449. The molecular weight excluding hydrogens is 316 g/mol. The van der Waals surface area contributed by atoms with Crippen LogP contribution < -0.4 is 11.1 Å². The fraction of sp³-hybridized carbons (Fsp3) is 0.562. The van der Waals surface area contributed by atoms with Gasteiger partial charge in [-0.3, -0.25) is 4.79 Å². The van der Waals surface area contributed by atoms with Crippen molar-refractivity contribution < 1.29 is 4.79 Å². The zero-order valence-electron chi connectivity index (χ0n) is 12.8. The van der Waals surface area contributed by atoms with Crippen LogP contribution in [0.1, 0.15) is 44.2 Å². The summed E-state index contributed by atoms with van der Waals surface area (Å²) in [5.41, 5.74) is 8.81. The van der Waals surface area contributed by atoms with Gasteiger partial charge in [0.1, 0.15) is 0 Å². The molecule has 1 aromatic rings. The molecule has 0 radical (unpaired) electrons. The molecule has 0 bridgehead atoms. The molecule has 0 spiro atoms. The molecule has 0 heterocycles. The molecule has 1 aromatic carbocycles. The van der Waals surface area contributed by atoms with Gasteiger partial charge in [0, 0.05) is 22.1 Å². The normalized spacial score (nSPS) is 13.9. The molecule has 112 valence electrons. The summed E-state index contributed by atoms with van der Waals surface area (Å²) in [6.45, 7) is 7.99. The minimum Gasteiger partial charge on any atom is -0.328 e. The fourth-order valence-electron chi connectivity index (χ4n) is 2.23. The molecule has 2 unspecified atom stereocenters. The minimum absolute atomic E-state index is 0.0104. The summed E-state index contributed by atoms with van der Waals surface area (Å²) in [6.07, 6.45) is 2.83. The first-order valence-electron chi connectivity index (χ1n) is 7.14. The second-order valence-electron chi connectivity index (χ2n) is 5.71. The lowest BCUT2D eigenvalue weighted by Crippen LogP contribution is -2.22. The van der Waals surface area contributed by atoms with Gasteiger partial charge in [0.2, 0.25) is 5.91 Å². The van der Waals surface area contributed by atoms with E-state index in [2.05, 4.69) is 21.2 Å². The predicted octanol–water partition coefficient (Wildman–Crippen LogP) is 4.16. The zero-order valence-corrected chi connectivity index (χ0v) is 14.4. The van der Waals surface area contributed by atoms with E-state index in [9.17, 15) is 4.79 Å². The Morgan fingerprint density at radius 1 is 1.25 bits per heavy atom. The Kier molecular flexibility index (Phi) is 6.69. The molecule has 1 amide bonds. The number of nitrogens with one attached hydrogen (secondary N) is 1. The molecule has 0 fully saturated rings. The van der Waals surface area contributed by atoms with Gasteiger partial charge in [-0.1, -0.05) is 29.3 Å². The van der Waals surface area contributed by atoms with Crippen LogP contribution in [-0.2, 0) is 4.79 Å². The Labute approximate surface area is 130 Å². The van der Waals surface area contributed by atoms with Crippen LogP contribution in [0.3, 0.4) is 0 Å². The van der Waals surface area contributed by atoms with Gasteiger partial charge < -0.3 is 11.1 Å². The van der Waals surface area contributed by atoms with E-state index in [4.69, 9.17) is 5.73 Å². The number of benzene rings is 1. The highest BCUT2D eigenvalue weighted by molar-refractivity contribution is 9.10. The standard InChI is InChI=1S/C16H25BrN2O/c1-10(6-5-7-13(4)18)16(20)19-15-11(2)8-14(17)9-12(15)3/h8-10,13H,5-7,18H2,1-4H3,(H,19,20). The van der Waals surface area contributed by atoms with E-state index in [1.165, 1.54) is 0 Å². The molecule has 0 aliphatic carbocycles. The number of aryl methyl sites for hydroxylation is 2. The van der Waals surface area contributed by atoms with Crippen molar-refractivity contribution >= 4 is 27.5 Å². The molecule has 20 heavy (non-hydrogen) atoms. The number of nitrogens with two attached hydrogens (primary N) is 1. The highest BCUT2D eigenvalue weighted by atomic mass is 79.9. The third kappa shape index (κ3) is 5.25. The first kappa shape index (κ1) is 17.2. The maximum absolute atomic E-state index is 12.2. The van der Waals surface area contributed by atoms with Crippen LogP contribution in [0.15, 0.2) is 16.6 Å². The number of carbonyl (C=O) groups is 1. The van der Waals surface area contributed by atoms with Crippen LogP contribution in [0.2, 0.25) is 0 Å². The van der Waals surface area contributed by atoms with E-state index < -0.39 is 0 Å². The van der Waals surface area contributed by atoms with Gasteiger partial charge in [0.25, 0.3) is 0 Å². The fourth-order valence-corrected chi connectivity index (χ4v) is 2.92. The molecular formula is C16H25BrN2O.